The van der Waals surface area contributed by atoms with Crippen molar-refractivity contribution >= 4 is 204 Å². The fraction of sp³-hybridized carbons (Fsp3) is 0.169. The number of anilines is 1. The van der Waals surface area contributed by atoms with E-state index in [9.17, 15) is 115 Å². The predicted octanol–water partition coefficient (Wildman–Crippen LogP) is 11.4. The number of thiol groups is 1. The Bertz CT molecular complexity index is 4890. The molecule has 0 radical (unpaired) electrons. The SMILES string of the molecule is CC(C)(C)OC(=O)c1c(-c2ccc(Cl)cc2)csc1N.CO.COC(=O)CS.COC(=O)CSc1c([N+](=O)[O-])cccc1[N+](=O)[O-].COC(=O)c1sc2c([N+](=O)[O-])cccc2[n+]1O.O=C(O)c1sc2c([N+](=O)[O-])cccc2[n+]1O.O=C(O)c1sc2c([N+](=O)[O-])cccc2[n+]1O.O=[N+]([O-])c1cccc([N+](=O)[O-])c1Cl. The van der Waals surface area contributed by atoms with E-state index in [2.05, 4.69) is 26.8 Å². The number of rotatable bonds is 16. The third-order valence-corrected chi connectivity index (χ3v) is 18.6. The Morgan fingerprint density at radius 2 is 0.843 bits per heavy atom. The van der Waals surface area contributed by atoms with Crippen LogP contribution in [0.25, 0.3) is 41.8 Å². The van der Waals surface area contributed by atoms with Crippen LogP contribution in [0.4, 0.5) is 44.8 Å². The number of methoxy groups -OCH3 is 3. The van der Waals surface area contributed by atoms with Gasteiger partial charge in [-0.05, 0) is 103 Å². The number of esters is 4. The van der Waals surface area contributed by atoms with Crippen molar-refractivity contribution in [3.8, 4) is 11.1 Å². The van der Waals surface area contributed by atoms with Gasteiger partial charge in [-0.1, -0.05) is 35.3 Å². The van der Waals surface area contributed by atoms with Gasteiger partial charge in [-0.2, -0.15) is 12.6 Å². The molecule has 4 heterocycles. The number of hydrogen-bond donors (Lipinski definition) is 8. The summed E-state index contributed by atoms with van der Waals surface area (Å²) in [4.78, 5) is 135. The van der Waals surface area contributed by atoms with Gasteiger partial charge in [-0.15, -0.1) is 23.1 Å². The zero-order chi connectivity index (χ0) is 81.9. The Morgan fingerprint density at radius 1 is 0.509 bits per heavy atom. The standard InChI is InChI=1S/C15H16ClNO2S.C9H8N2O6S.C9H7N2O5S.2C8H4N2O5S.C6H3ClN2O4.C3H6O2S.CH4O/c1-15(2,3)19-14(18)12-11(8-20-13(12)17)9-4-6-10(16)7-5-9;1-17-8(12)5-18-9-6(10(13)14)3-2-4-7(9)11(15)16;1-16-9(12)8-10(13)5-3-2-4-6(11(14)15)7(5)17-8;2*11-8(12)7-9(13)4-2-1-3-5(10(14)15)6(4)16-7;7-6-4(8(10)11)2-1-3-5(6)9(12)13;1-5-3(4)2-6;1-2/h4-8H,17H2,1-3H3;2-4H,5H2,1H3;2-4,13H,1H3;2*1-3H,(H-,11,12,13);1-3H;6H,2H2,1H3;2H,1H3/q;;+1;;;;;/p+2. The second-order valence-corrected chi connectivity index (χ2v) is 26.2. The number of thiazole rings is 3. The van der Waals surface area contributed by atoms with Crippen molar-refractivity contribution in [2.45, 2.75) is 31.3 Å². The van der Waals surface area contributed by atoms with Crippen molar-refractivity contribution in [1.82, 2.24) is 0 Å². The van der Waals surface area contributed by atoms with Crippen LogP contribution < -0.4 is 19.9 Å². The summed E-state index contributed by atoms with van der Waals surface area (Å²) < 4.78 is 20.4. The van der Waals surface area contributed by atoms with Crippen LogP contribution in [-0.4, -0.2) is 147 Å². The van der Waals surface area contributed by atoms with E-state index in [0.717, 1.165) is 60.9 Å². The van der Waals surface area contributed by atoms with Crippen LogP contribution in [0.5, 0.6) is 0 Å². The topological polar surface area (TPSA) is 600 Å². The number of nitro groups is 7. The quantitative estimate of drug-likeness (QED) is 0.00651. The smallest absolute Gasteiger partial charge is 0.419 e. The van der Waals surface area contributed by atoms with Crippen molar-refractivity contribution in [1.29, 1.82) is 0 Å². The minimum Gasteiger partial charge on any atom is -0.472 e. The van der Waals surface area contributed by atoms with Gasteiger partial charge in [-0.3, -0.25) is 96.0 Å². The summed E-state index contributed by atoms with van der Waals surface area (Å²) in [5.74, 6) is -4.80. The number of aromatic nitrogens is 3. The molecule has 0 bridgehead atoms. The summed E-state index contributed by atoms with van der Waals surface area (Å²) >= 11 is 19.1. The zero-order valence-corrected chi connectivity index (χ0v) is 62.2. The summed E-state index contributed by atoms with van der Waals surface area (Å²) in [6, 6.07) is 26.5. The van der Waals surface area contributed by atoms with Crippen molar-refractivity contribution < 1.29 is 127 Å². The van der Waals surface area contributed by atoms with Gasteiger partial charge in [-0.25, -0.2) is 19.2 Å². The maximum Gasteiger partial charge on any atom is 0.419 e. The maximum atomic E-state index is 12.3. The number of aliphatic hydroxyl groups is 1. The van der Waals surface area contributed by atoms with Gasteiger partial charge in [0.05, 0.1) is 67.3 Å². The number of halogens is 2. The number of carboxylic acid groups (broad SMARTS) is 2. The van der Waals surface area contributed by atoms with Crippen LogP contribution in [0, 0.1) is 70.8 Å². The molecule has 49 heteroatoms. The first-order chi connectivity index (χ1) is 50.7. The van der Waals surface area contributed by atoms with E-state index >= 15 is 0 Å². The van der Waals surface area contributed by atoms with E-state index in [0.29, 0.717) is 64.2 Å². The van der Waals surface area contributed by atoms with Gasteiger partial charge >= 0.3 is 50.8 Å². The zero-order valence-electron chi connectivity index (χ0n) is 55.7. The number of nitrogen functional groups attached to an aromatic ring is 1. The molecule has 6 aromatic carbocycles. The Labute approximate surface area is 637 Å². The number of aliphatic hydroxyl groups excluding tert-OH is 1. The number of ether oxygens (including phenoxy) is 4. The second kappa shape index (κ2) is 41.4. The summed E-state index contributed by atoms with van der Waals surface area (Å²) in [5.41, 5.74) is 5.53. The third-order valence-electron chi connectivity index (χ3n) is 12.3. The van der Waals surface area contributed by atoms with E-state index in [1.807, 2.05) is 38.3 Å². The van der Waals surface area contributed by atoms with Gasteiger partial charge in [0.2, 0.25) is 0 Å². The fourth-order valence-corrected chi connectivity index (χ4v) is 13.0. The van der Waals surface area contributed by atoms with Crippen LogP contribution in [-0.2, 0) is 28.5 Å². The number of fused-ring (bicyclic) bond motifs is 3. The van der Waals surface area contributed by atoms with Crippen LogP contribution in [0.15, 0.2) is 126 Å². The molecular weight excluding hydrogens is 1610 g/mol. The number of carboxylic acids is 2. The Morgan fingerprint density at radius 3 is 1.16 bits per heavy atom. The van der Waals surface area contributed by atoms with E-state index in [1.165, 1.54) is 92.3 Å². The molecule has 10 aromatic rings. The third kappa shape index (κ3) is 24.1. The summed E-state index contributed by atoms with van der Waals surface area (Å²) in [7, 11) is 4.66. The highest BCUT2D eigenvalue weighted by atomic mass is 35.5. The molecule has 572 valence electrons. The first-order valence-corrected chi connectivity index (χ1v) is 34.1. The molecule has 0 saturated carbocycles. The molecule has 0 aliphatic rings. The maximum absolute atomic E-state index is 12.3. The van der Waals surface area contributed by atoms with Crippen molar-refractivity contribution in [2.75, 3.05) is 45.7 Å². The van der Waals surface area contributed by atoms with Crippen LogP contribution in [0.2, 0.25) is 10.0 Å². The largest absolute Gasteiger partial charge is 0.472 e. The Kier molecular flexibility index (Phi) is 34.5. The van der Waals surface area contributed by atoms with Gasteiger partial charge in [0.1, 0.15) is 16.2 Å². The molecule has 10 rings (SSSR count). The van der Waals surface area contributed by atoms with E-state index in [-0.39, 0.29) is 85.1 Å². The lowest BCUT2D eigenvalue weighted by Crippen LogP contribution is -2.35. The van der Waals surface area contributed by atoms with Crippen LogP contribution in [0.3, 0.4) is 0 Å². The van der Waals surface area contributed by atoms with Crippen molar-refractivity contribution in [3.63, 3.8) is 0 Å². The van der Waals surface area contributed by atoms with E-state index in [1.54, 1.807) is 12.1 Å². The minimum absolute atomic E-state index is 0.108. The number of thiophene rings is 1. The molecule has 0 aliphatic carbocycles. The molecule has 8 N–H and O–H groups in total. The van der Waals surface area contributed by atoms with Crippen molar-refractivity contribution in [3.05, 3.63) is 222 Å². The number of thioether (sulfide) groups is 1. The first-order valence-electron chi connectivity index (χ1n) is 28.4. The fourth-order valence-electron chi connectivity index (χ4n) is 7.76. The summed E-state index contributed by atoms with van der Waals surface area (Å²) in [5, 5.41) is 129. The highest BCUT2D eigenvalue weighted by molar-refractivity contribution is 8.00. The Balaban J connectivity index is 0.000000330. The molecule has 41 nitrogen and oxygen atoms in total. The van der Waals surface area contributed by atoms with Crippen LogP contribution >= 0.6 is 92.9 Å². The minimum atomic E-state index is -1.34. The number of benzene rings is 6. The molecule has 0 unspecified atom stereocenters. The van der Waals surface area contributed by atoms with E-state index in [4.69, 9.17) is 49.0 Å². The van der Waals surface area contributed by atoms with Crippen molar-refractivity contribution in [2.24, 2.45) is 0 Å². The lowest BCUT2D eigenvalue weighted by molar-refractivity contribution is -0.883. The highest BCUT2D eigenvalue weighted by Crippen LogP contribution is 2.39. The Hall–Kier alpha value is -12.3. The molecule has 0 aliphatic heterocycles. The molecule has 4 aromatic heterocycles. The van der Waals surface area contributed by atoms with E-state index < -0.39 is 97.7 Å². The van der Waals surface area contributed by atoms with Crippen LogP contribution in [0.1, 0.15) is 60.5 Å². The summed E-state index contributed by atoms with van der Waals surface area (Å²) in [6.45, 7) is 5.49. The van der Waals surface area contributed by atoms with Gasteiger partial charge < -0.3 is 40.0 Å². The second-order valence-electron chi connectivity index (χ2n) is 20.2. The molecule has 0 spiro atoms. The number of non-ortho nitro benzene ring substituents is 3. The molecular formula is C59H54Cl2N11O30S6+3. The monoisotopic (exact) mass is 1660 g/mol. The lowest BCUT2D eigenvalue weighted by atomic mass is 10.0. The number of aromatic carboxylic acids is 2. The number of nitrogens with zero attached hydrogens (tertiary/aromatic N) is 10. The number of carbonyl (C=O) groups is 6. The predicted molar refractivity (Wildman–Crippen MR) is 388 cm³/mol. The number of nitrogens with two attached hydrogens (primary N) is 1. The normalized spacial score (nSPS) is 10.1. The molecule has 0 saturated heterocycles. The van der Waals surface area contributed by atoms with Gasteiger partial charge in [0.25, 0.3) is 56.4 Å². The molecule has 0 amide bonds. The molecule has 108 heavy (non-hydrogen) atoms. The lowest BCUT2D eigenvalue weighted by Gasteiger charge is -2.20. The van der Waals surface area contributed by atoms with Gasteiger partial charge in [0.15, 0.2) is 24.0 Å². The number of nitro benzene ring substituents is 7. The first kappa shape index (κ1) is 90.0. The number of carbonyl (C=O) groups excluding carboxylic acids is 4. The molecule has 0 fully saturated rings. The van der Waals surface area contributed by atoms with Gasteiger partial charge in [0, 0.05) is 97.9 Å². The highest BCUT2D eigenvalue weighted by Gasteiger charge is 2.35. The molecule has 0 atom stereocenters. The summed E-state index contributed by atoms with van der Waals surface area (Å²) in [6.07, 6.45) is 0. The number of hydrogen-bond acceptors (Lipinski definition) is 35. The average Bonchev–Trinajstić information content (AvgIpc) is 1.64. The average molecular weight is 1660 g/mol.